The van der Waals surface area contributed by atoms with Crippen LogP contribution in [0.3, 0.4) is 0 Å². The lowest BCUT2D eigenvalue weighted by atomic mass is 9.89. The summed E-state index contributed by atoms with van der Waals surface area (Å²) in [6.45, 7) is 1.50. The summed E-state index contributed by atoms with van der Waals surface area (Å²) < 4.78 is 0. The molecular formula is C9H16N2O2. The van der Waals surface area contributed by atoms with Gasteiger partial charge in [0.2, 0.25) is 0 Å². The molecule has 0 spiro atoms. The van der Waals surface area contributed by atoms with E-state index in [0.717, 1.165) is 25.8 Å². The summed E-state index contributed by atoms with van der Waals surface area (Å²) in [5, 5.41) is 8.96. The molecule has 0 aromatic carbocycles. The first-order chi connectivity index (χ1) is 6.24. The first kappa shape index (κ1) is 8.97. The van der Waals surface area contributed by atoms with Gasteiger partial charge in [-0.2, -0.15) is 0 Å². The van der Waals surface area contributed by atoms with Crippen molar-refractivity contribution >= 4 is 5.97 Å². The number of hydrogen-bond donors (Lipinski definition) is 2. The van der Waals surface area contributed by atoms with Gasteiger partial charge in [-0.1, -0.05) is 0 Å². The van der Waals surface area contributed by atoms with Gasteiger partial charge in [0.05, 0.1) is 5.92 Å². The van der Waals surface area contributed by atoms with Crippen LogP contribution in [-0.2, 0) is 4.79 Å². The van der Waals surface area contributed by atoms with Crippen LogP contribution < -0.4 is 5.73 Å². The summed E-state index contributed by atoms with van der Waals surface area (Å²) in [4.78, 5) is 13.2. The SMILES string of the molecule is NCCN1C2CCC1C(C(=O)O)C2. The van der Waals surface area contributed by atoms with Crippen molar-refractivity contribution in [3.8, 4) is 0 Å². The summed E-state index contributed by atoms with van der Waals surface area (Å²) in [6, 6.07) is 0.765. The molecule has 4 heteroatoms. The van der Waals surface area contributed by atoms with Crippen molar-refractivity contribution in [1.29, 1.82) is 0 Å². The quantitative estimate of drug-likeness (QED) is 0.642. The van der Waals surface area contributed by atoms with E-state index in [0.29, 0.717) is 12.6 Å². The van der Waals surface area contributed by atoms with Gasteiger partial charge in [0, 0.05) is 25.2 Å². The first-order valence-electron chi connectivity index (χ1n) is 4.92. The molecule has 0 amide bonds. The van der Waals surface area contributed by atoms with Crippen LogP contribution in [0.5, 0.6) is 0 Å². The van der Waals surface area contributed by atoms with Gasteiger partial charge in [0.15, 0.2) is 0 Å². The van der Waals surface area contributed by atoms with Crippen LogP contribution in [0.2, 0.25) is 0 Å². The molecule has 2 fully saturated rings. The Labute approximate surface area is 77.7 Å². The Hall–Kier alpha value is -0.610. The van der Waals surface area contributed by atoms with Crippen LogP contribution in [0, 0.1) is 5.92 Å². The second-order valence-corrected chi connectivity index (χ2v) is 4.01. The minimum absolute atomic E-state index is 0.134. The van der Waals surface area contributed by atoms with Crippen LogP contribution >= 0.6 is 0 Å². The van der Waals surface area contributed by atoms with E-state index >= 15 is 0 Å². The highest BCUT2D eigenvalue weighted by molar-refractivity contribution is 5.71. The third-order valence-corrected chi connectivity index (χ3v) is 3.39. The molecule has 2 heterocycles. The second kappa shape index (κ2) is 3.27. The van der Waals surface area contributed by atoms with Gasteiger partial charge in [-0.05, 0) is 19.3 Å². The number of fused-ring (bicyclic) bond motifs is 2. The first-order valence-corrected chi connectivity index (χ1v) is 4.92. The minimum atomic E-state index is -0.630. The van der Waals surface area contributed by atoms with Crippen molar-refractivity contribution in [2.45, 2.75) is 31.3 Å². The lowest BCUT2D eigenvalue weighted by Crippen LogP contribution is -2.36. The Morgan fingerprint density at radius 2 is 2.31 bits per heavy atom. The normalized spacial score (nSPS) is 38.4. The fourth-order valence-corrected chi connectivity index (χ4v) is 2.86. The summed E-state index contributed by atoms with van der Waals surface area (Å²) in [7, 11) is 0. The van der Waals surface area contributed by atoms with Crippen LogP contribution in [0.4, 0.5) is 0 Å². The third-order valence-electron chi connectivity index (χ3n) is 3.39. The Bertz CT molecular complexity index is 220. The van der Waals surface area contributed by atoms with Gasteiger partial charge in [-0.15, -0.1) is 0 Å². The Kier molecular flexibility index (Phi) is 2.26. The monoisotopic (exact) mass is 184 g/mol. The average molecular weight is 184 g/mol. The summed E-state index contributed by atoms with van der Waals surface area (Å²) in [5.74, 6) is -0.764. The number of aliphatic carboxylic acids is 1. The summed E-state index contributed by atoms with van der Waals surface area (Å²) in [5.41, 5.74) is 5.49. The predicted octanol–water partition coefficient (Wildman–Crippen LogP) is -0.117. The molecule has 0 saturated carbocycles. The molecule has 2 bridgehead atoms. The molecule has 0 aromatic rings. The molecule has 0 radical (unpaired) electrons. The predicted molar refractivity (Wildman–Crippen MR) is 48.3 cm³/mol. The molecule has 4 nitrogen and oxygen atoms in total. The fraction of sp³-hybridized carbons (Fsp3) is 0.889. The highest BCUT2D eigenvalue weighted by Gasteiger charge is 2.48. The van der Waals surface area contributed by atoms with Gasteiger partial charge in [-0.25, -0.2) is 0 Å². The fourth-order valence-electron chi connectivity index (χ4n) is 2.86. The molecule has 3 N–H and O–H groups in total. The lowest BCUT2D eigenvalue weighted by Gasteiger charge is -2.21. The van der Waals surface area contributed by atoms with Crippen molar-refractivity contribution < 1.29 is 9.90 Å². The number of nitrogens with two attached hydrogens (primary N) is 1. The van der Waals surface area contributed by atoms with E-state index in [-0.39, 0.29) is 12.0 Å². The molecule has 74 valence electrons. The third kappa shape index (κ3) is 1.34. The lowest BCUT2D eigenvalue weighted by molar-refractivity contribution is -0.142. The van der Waals surface area contributed by atoms with Crippen molar-refractivity contribution in [2.24, 2.45) is 11.7 Å². The van der Waals surface area contributed by atoms with Crippen LogP contribution in [0.25, 0.3) is 0 Å². The van der Waals surface area contributed by atoms with Gasteiger partial charge in [-0.3, -0.25) is 9.69 Å². The highest BCUT2D eigenvalue weighted by atomic mass is 16.4. The van der Waals surface area contributed by atoms with Gasteiger partial charge in [0.1, 0.15) is 0 Å². The van der Waals surface area contributed by atoms with E-state index in [1.54, 1.807) is 0 Å². The standard InChI is InChI=1S/C9H16N2O2/c10-3-4-11-6-1-2-8(11)7(5-6)9(12)13/h6-8H,1-5,10H2,(H,12,13). The second-order valence-electron chi connectivity index (χ2n) is 4.01. The Morgan fingerprint density at radius 3 is 2.85 bits per heavy atom. The average Bonchev–Trinajstić information content (AvgIpc) is 2.63. The summed E-state index contributed by atoms with van der Waals surface area (Å²) in [6.07, 6.45) is 3.04. The number of nitrogens with zero attached hydrogens (tertiary/aromatic N) is 1. The van der Waals surface area contributed by atoms with E-state index in [1.165, 1.54) is 0 Å². The molecule has 3 atom stereocenters. The van der Waals surface area contributed by atoms with Gasteiger partial charge < -0.3 is 10.8 Å². The molecule has 0 aliphatic carbocycles. The topological polar surface area (TPSA) is 66.6 Å². The highest BCUT2D eigenvalue weighted by Crippen LogP contribution is 2.41. The number of carboxylic acids is 1. The maximum atomic E-state index is 10.9. The van der Waals surface area contributed by atoms with Gasteiger partial charge >= 0.3 is 5.97 Å². The van der Waals surface area contributed by atoms with Crippen molar-refractivity contribution in [3.05, 3.63) is 0 Å². The molecule has 3 unspecified atom stereocenters. The van der Waals surface area contributed by atoms with Gasteiger partial charge in [0.25, 0.3) is 0 Å². The maximum Gasteiger partial charge on any atom is 0.308 e. The Balaban J connectivity index is 2.06. The van der Waals surface area contributed by atoms with Crippen molar-refractivity contribution in [1.82, 2.24) is 4.90 Å². The van der Waals surface area contributed by atoms with Crippen molar-refractivity contribution in [2.75, 3.05) is 13.1 Å². The molecule has 2 rings (SSSR count). The Morgan fingerprint density at radius 1 is 1.54 bits per heavy atom. The minimum Gasteiger partial charge on any atom is -0.481 e. The molecule has 2 aliphatic heterocycles. The molecular weight excluding hydrogens is 168 g/mol. The molecule has 2 saturated heterocycles. The molecule has 13 heavy (non-hydrogen) atoms. The smallest absolute Gasteiger partial charge is 0.308 e. The number of rotatable bonds is 3. The van der Waals surface area contributed by atoms with Crippen LogP contribution in [0.1, 0.15) is 19.3 Å². The van der Waals surface area contributed by atoms with Crippen LogP contribution in [-0.4, -0.2) is 41.1 Å². The largest absolute Gasteiger partial charge is 0.481 e. The maximum absolute atomic E-state index is 10.9. The number of carboxylic acid groups (broad SMARTS) is 1. The number of hydrogen-bond acceptors (Lipinski definition) is 3. The van der Waals surface area contributed by atoms with E-state index in [2.05, 4.69) is 4.90 Å². The zero-order valence-electron chi connectivity index (χ0n) is 7.65. The van der Waals surface area contributed by atoms with E-state index in [9.17, 15) is 4.79 Å². The summed E-state index contributed by atoms with van der Waals surface area (Å²) >= 11 is 0. The van der Waals surface area contributed by atoms with Crippen LogP contribution in [0.15, 0.2) is 0 Å². The van der Waals surface area contributed by atoms with E-state index in [1.807, 2.05) is 0 Å². The number of carbonyl (C=O) groups is 1. The van der Waals surface area contributed by atoms with E-state index < -0.39 is 5.97 Å². The zero-order valence-corrected chi connectivity index (χ0v) is 7.65. The molecule has 2 aliphatic rings. The van der Waals surface area contributed by atoms with Crippen molar-refractivity contribution in [3.63, 3.8) is 0 Å². The zero-order chi connectivity index (χ0) is 9.42. The molecule has 0 aromatic heterocycles. The van der Waals surface area contributed by atoms with E-state index in [4.69, 9.17) is 10.8 Å².